The summed E-state index contributed by atoms with van der Waals surface area (Å²) in [5.41, 5.74) is 2.44. The molecule has 0 fully saturated rings. The summed E-state index contributed by atoms with van der Waals surface area (Å²) < 4.78 is 8.48. The van der Waals surface area contributed by atoms with Crippen LogP contribution in [-0.2, 0) is 6.42 Å². The number of aromatic nitrogens is 2. The van der Waals surface area contributed by atoms with E-state index in [4.69, 9.17) is 4.74 Å². The molecule has 1 aromatic carbocycles. The third-order valence-corrected chi connectivity index (χ3v) is 5.48. The van der Waals surface area contributed by atoms with Crippen LogP contribution in [0.3, 0.4) is 0 Å². The van der Waals surface area contributed by atoms with Gasteiger partial charge in [-0.2, -0.15) is 0 Å². The fourth-order valence-corrected chi connectivity index (χ4v) is 4.24. The van der Waals surface area contributed by atoms with E-state index in [9.17, 15) is 4.79 Å². The highest BCUT2D eigenvalue weighted by molar-refractivity contribution is 7.16. The number of ether oxygens (including phenoxy) is 1. The zero-order valence-electron chi connectivity index (χ0n) is 15.3. The molecule has 0 amide bonds. The molecule has 7 heteroatoms. The Morgan fingerprint density at radius 2 is 2.37 bits per heavy atom. The summed E-state index contributed by atoms with van der Waals surface area (Å²) in [5.74, 6) is 1.58. The maximum atomic E-state index is 13.1. The predicted octanol–water partition coefficient (Wildman–Crippen LogP) is 1.56. The first-order valence-electron chi connectivity index (χ1n) is 8.86. The van der Waals surface area contributed by atoms with Crippen LogP contribution in [0.15, 0.2) is 34.3 Å². The van der Waals surface area contributed by atoms with Gasteiger partial charge in [0.25, 0.3) is 5.56 Å². The number of hydrogen-bond donors (Lipinski definition) is 1. The van der Waals surface area contributed by atoms with E-state index in [2.05, 4.69) is 21.9 Å². The number of aliphatic imine (C=N–C) groups is 1. The summed E-state index contributed by atoms with van der Waals surface area (Å²) in [6, 6.07) is 5.79. The number of hydrogen-bond acceptors (Lipinski definition) is 6. The first-order valence-corrected chi connectivity index (χ1v) is 9.67. The van der Waals surface area contributed by atoms with Crippen molar-refractivity contribution in [2.24, 2.45) is 4.99 Å². The normalized spacial score (nSPS) is 14.4. The molecule has 0 bridgehead atoms. The van der Waals surface area contributed by atoms with Crippen LogP contribution in [0.2, 0.25) is 0 Å². The van der Waals surface area contributed by atoms with Crippen molar-refractivity contribution >= 4 is 40.2 Å². The fraction of sp³-hybridized carbons (Fsp3) is 0.250. The second-order valence-corrected chi connectivity index (χ2v) is 7.26. The molecule has 0 saturated carbocycles. The van der Waals surface area contributed by atoms with Crippen LogP contribution < -0.4 is 25.4 Å². The Balaban J connectivity index is 1.96. The van der Waals surface area contributed by atoms with Gasteiger partial charge in [0.2, 0.25) is 0 Å². The van der Waals surface area contributed by atoms with E-state index in [1.807, 2.05) is 32.0 Å². The zero-order valence-corrected chi connectivity index (χ0v) is 16.1. The van der Waals surface area contributed by atoms with Crippen LogP contribution in [0.1, 0.15) is 19.4 Å². The lowest BCUT2D eigenvalue weighted by molar-refractivity contribution is 0.357. The van der Waals surface area contributed by atoms with Gasteiger partial charge in [-0.1, -0.05) is 6.58 Å². The third kappa shape index (κ3) is 2.94. The molecular weight excluding hydrogens is 360 g/mol. The highest BCUT2D eigenvalue weighted by Gasteiger charge is 2.16. The van der Waals surface area contributed by atoms with Gasteiger partial charge in [-0.3, -0.25) is 9.36 Å². The monoisotopic (exact) mass is 380 g/mol. The van der Waals surface area contributed by atoms with Crippen LogP contribution in [0.5, 0.6) is 5.75 Å². The highest BCUT2D eigenvalue weighted by atomic mass is 32.1. The Morgan fingerprint density at radius 3 is 3.15 bits per heavy atom. The van der Waals surface area contributed by atoms with Crippen LogP contribution in [0.4, 0.5) is 0 Å². The van der Waals surface area contributed by atoms with E-state index in [-0.39, 0.29) is 5.56 Å². The molecule has 0 unspecified atom stereocenters. The second kappa shape index (κ2) is 7.00. The molecule has 3 aromatic rings. The molecule has 0 atom stereocenters. The minimum Gasteiger partial charge on any atom is -0.493 e. The standard InChI is InChI=1S/C20H20N4O2S/c1-4-21-19(22-5-2)16-12(3)27-18-17(16)23-11-24(20(18)25)14-6-7-15-13(10-14)8-9-26-15/h4,6-7,10-11,22H,3,5,8-9H2,1-2H3/b19-16-,21-4?. The molecule has 27 heavy (non-hydrogen) atoms. The van der Waals surface area contributed by atoms with E-state index in [0.29, 0.717) is 22.6 Å². The van der Waals surface area contributed by atoms with Crippen molar-refractivity contribution in [3.8, 4) is 11.4 Å². The minimum atomic E-state index is -0.101. The Hall–Kier alpha value is -2.93. The van der Waals surface area contributed by atoms with Crippen molar-refractivity contribution in [3.63, 3.8) is 0 Å². The van der Waals surface area contributed by atoms with E-state index < -0.39 is 0 Å². The van der Waals surface area contributed by atoms with Gasteiger partial charge in [0.15, 0.2) is 0 Å². The highest BCUT2D eigenvalue weighted by Crippen LogP contribution is 2.27. The van der Waals surface area contributed by atoms with Crippen molar-refractivity contribution in [1.29, 1.82) is 0 Å². The van der Waals surface area contributed by atoms with E-state index in [1.54, 1.807) is 17.1 Å². The molecule has 1 aliphatic heterocycles. The maximum absolute atomic E-state index is 13.1. The Kier molecular flexibility index (Phi) is 4.53. The number of thiophene rings is 1. The SMILES string of the molecule is C=c1sc2c(=O)n(-c3ccc4c(c3)CCO4)cnc2/c1=C(/N=CC)NCC. The number of benzene rings is 1. The lowest BCUT2D eigenvalue weighted by Crippen LogP contribution is -2.28. The Bertz CT molecular complexity index is 1220. The molecule has 0 radical (unpaired) electrons. The molecular formula is C20H20N4O2S. The maximum Gasteiger partial charge on any atom is 0.275 e. The average Bonchev–Trinajstić information content (AvgIpc) is 3.25. The van der Waals surface area contributed by atoms with Gasteiger partial charge in [-0.15, -0.1) is 11.3 Å². The summed E-state index contributed by atoms with van der Waals surface area (Å²) in [5, 5.41) is 4.03. The summed E-state index contributed by atoms with van der Waals surface area (Å²) >= 11 is 1.35. The van der Waals surface area contributed by atoms with Gasteiger partial charge < -0.3 is 10.1 Å². The van der Waals surface area contributed by atoms with E-state index in [0.717, 1.165) is 39.7 Å². The van der Waals surface area contributed by atoms with Crippen LogP contribution >= 0.6 is 11.3 Å². The number of nitrogens with one attached hydrogen (secondary N) is 1. The topological polar surface area (TPSA) is 68.5 Å². The molecule has 138 valence electrons. The van der Waals surface area contributed by atoms with Crippen LogP contribution in [0, 0.1) is 0 Å². The zero-order chi connectivity index (χ0) is 19.0. The second-order valence-electron chi connectivity index (χ2n) is 6.15. The van der Waals surface area contributed by atoms with Crippen molar-refractivity contribution in [2.75, 3.05) is 13.2 Å². The smallest absolute Gasteiger partial charge is 0.275 e. The van der Waals surface area contributed by atoms with Gasteiger partial charge in [-0.25, -0.2) is 9.98 Å². The Labute approximate surface area is 160 Å². The first kappa shape index (κ1) is 17.5. The molecule has 2 aromatic heterocycles. The van der Waals surface area contributed by atoms with Crippen molar-refractivity contribution < 1.29 is 4.74 Å². The van der Waals surface area contributed by atoms with Crippen molar-refractivity contribution in [2.45, 2.75) is 20.3 Å². The number of nitrogens with zero attached hydrogens (tertiary/aromatic N) is 3. The lowest BCUT2D eigenvalue weighted by Gasteiger charge is -2.07. The Morgan fingerprint density at radius 1 is 1.52 bits per heavy atom. The molecule has 0 spiro atoms. The van der Waals surface area contributed by atoms with E-state index >= 15 is 0 Å². The molecule has 1 N–H and O–H groups in total. The van der Waals surface area contributed by atoms with Gasteiger partial charge >= 0.3 is 0 Å². The summed E-state index contributed by atoms with van der Waals surface area (Å²) in [7, 11) is 0. The van der Waals surface area contributed by atoms with Gasteiger partial charge in [0.1, 0.15) is 22.6 Å². The number of fused-ring (bicyclic) bond motifs is 2. The largest absolute Gasteiger partial charge is 0.493 e. The van der Waals surface area contributed by atoms with Crippen LogP contribution in [-0.4, -0.2) is 28.9 Å². The molecule has 4 rings (SSSR count). The van der Waals surface area contributed by atoms with Gasteiger partial charge in [-0.05, 0) is 37.6 Å². The molecule has 0 aliphatic carbocycles. The average molecular weight is 380 g/mol. The van der Waals surface area contributed by atoms with Crippen molar-refractivity contribution in [3.05, 3.63) is 50.2 Å². The molecule has 0 saturated heterocycles. The summed E-state index contributed by atoms with van der Waals surface area (Å²) in [6.45, 7) is 9.37. The third-order valence-electron chi connectivity index (χ3n) is 4.46. The quantitative estimate of drug-likeness (QED) is 0.698. The number of rotatable bonds is 4. The fourth-order valence-electron chi connectivity index (χ4n) is 3.26. The van der Waals surface area contributed by atoms with Gasteiger partial charge in [0, 0.05) is 23.7 Å². The molecule has 6 nitrogen and oxygen atoms in total. The van der Waals surface area contributed by atoms with Crippen molar-refractivity contribution in [1.82, 2.24) is 14.9 Å². The molecule has 3 heterocycles. The lowest BCUT2D eigenvalue weighted by atomic mass is 10.1. The summed E-state index contributed by atoms with van der Waals surface area (Å²) in [4.78, 5) is 22.1. The molecule has 1 aliphatic rings. The minimum absolute atomic E-state index is 0.101. The van der Waals surface area contributed by atoms with Gasteiger partial charge in [0.05, 0.1) is 23.0 Å². The van der Waals surface area contributed by atoms with Crippen LogP contribution in [0.25, 0.3) is 28.3 Å². The first-order chi connectivity index (χ1) is 13.1. The van der Waals surface area contributed by atoms with E-state index in [1.165, 1.54) is 11.3 Å². The summed E-state index contributed by atoms with van der Waals surface area (Å²) in [6.07, 6.45) is 4.15. The predicted molar refractivity (Wildman–Crippen MR) is 110 cm³/mol.